The fourth-order valence-electron chi connectivity index (χ4n) is 2.00. The molecule has 22 heavy (non-hydrogen) atoms. The maximum atomic E-state index is 12.6. The van der Waals surface area contributed by atoms with E-state index in [1.54, 1.807) is 0 Å². The number of carbonyl (C=O) groups excluding carboxylic acids is 1. The molecule has 0 spiro atoms. The molecule has 2 N–H and O–H groups in total. The molecule has 0 atom stereocenters. The quantitative estimate of drug-likeness (QED) is 0.882. The first kappa shape index (κ1) is 16.1. The summed E-state index contributed by atoms with van der Waals surface area (Å²) in [6.45, 7) is -1.61. The first-order valence-corrected chi connectivity index (χ1v) is 5.89. The number of imidazole rings is 1. The van der Waals surface area contributed by atoms with Gasteiger partial charge in [0.25, 0.3) is 0 Å². The highest BCUT2D eigenvalue weighted by Crippen LogP contribution is 2.28. The Labute approximate surface area is 119 Å². The Hall–Kier alpha value is -2.26. The fraction of sp³-hybridized carbons (Fsp3) is 0.333. The Morgan fingerprint density at radius 1 is 1.14 bits per heavy atom. The van der Waals surface area contributed by atoms with Gasteiger partial charge in [0.05, 0.1) is 11.0 Å². The van der Waals surface area contributed by atoms with Crippen molar-refractivity contribution in [2.24, 2.45) is 5.73 Å². The number of hydrogen-bond donors (Lipinski definition) is 1. The number of halogens is 6. The summed E-state index contributed by atoms with van der Waals surface area (Å²) in [5.41, 5.74) is 4.66. The van der Waals surface area contributed by atoms with Crippen LogP contribution in [0.2, 0.25) is 0 Å². The lowest BCUT2D eigenvalue weighted by Gasteiger charge is -2.13. The van der Waals surface area contributed by atoms with E-state index >= 15 is 0 Å². The van der Waals surface area contributed by atoms with Crippen molar-refractivity contribution in [1.82, 2.24) is 9.55 Å². The normalized spacial score (nSPS) is 12.8. The van der Waals surface area contributed by atoms with E-state index < -0.39 is 37.0 Å². The summed E-state index contributed by atoms with van der Waals surface area (Å²) in [6, 6.07) is 3.29. The number of amides is 1. The third-order valence-corrected chi connectivity index (χ3v) is 2.81. The molecule has 120 valence electrons. The van der Waals surface area contributed by atoms with Gasteiger partial charge in [-0.3, -0.25) is 4.79 Å². The monoisotopic (exact) mass is 325 g/mol. The number of benzene rings is 1. The van der Waals surface area contributed by atoms with E-state index in [0.29, 0.717) is 4.57 Å². The topological polar surface area (TPSA) is 60.9 Å². The Morgan fingerprint density at radius 3 is 2.27 bits per heavy atom. The molecule has 2 aromatic rings. The zero-order valence-electron chi connectivity index (χ0n) is 10.8. The van der Waals surface area contributed by atoms with E-state index in [0.717, 1.165) is 18.2 Å². The largest absolute Gasteiger partial charge is 0.406 e. The van der Waals surface area contributed by atoms with E-state index in [9.17, 15) is 31.1 Å². The van der Waals surface area contributed by atoms with Crippen molar-refractivity contribution >= 4 is 16.9 Å². The highest BCUT2D eigenvalue weighted by molar-refractivity contribution is 5.96. The highest BCUT2D eigenvalue weighted by Gasteiger charge is 2.35. The maximum absolute atomic E-state index is 12.6. The lowest BCUT2D eigenvalue weighted by atomic mass is 10.2. The van der Waals surface area contributed by atoms with Crippen LogP contribution in [0.1, 0.15) is 16.2 Å². The average Bonchev–Trinajstić information content (AvgIpc) is 2.62. The number of aromatic nitrogens is 2. The SMILES string of the molecule is NC(=O)c1ccc2c(c1)nc(CC(F)(F)F)n2CC(F)(F)F. The number of fused-ring (bicyclic) bond motifs is 1. The van der Waals surface area contributed by atoms with Gasteiger partial charge in [-0.15, -0.1) is 0 Å². The van der Waals surface area contributed by atoms with Crippen molar-refractivity contribution in [3.8, 4) is 0 Å². The van der Waals surface area contributed by atoms with Crippen LogP contribution >= 0.6 is 0 Å². The Morgan fingerprint density at radius 2 is 1.77 bits per heavy atom. The number of nitrogens with two attached hydrogens (primary N) is 1. The third-order valence-electron chi connectivity index (χ3n) is 2.81. The first-order chi connectivity index (χ1) is 9.96. The van der Waals surface area contributed by atoms with Crippen molar-refractivity contribution in [1.29, 1.82) is 0 Å². The molecule has 0 saturated heterocycles. The maximum Gasteiger partial charge on any atom is 0.406 e. The smallest absolute Gasteiger partial charge is 0.366 e. The summed E-state index contributed by atoms with van der Waals surface area (Å²) in [5.74, 6) is -1.63. The van der Waals surface area contributed by atoms with Crippen LogP contribution < -0.4 is 5.73 Å². The van der Waals surface area contributed by atoms with Gasteiger partial charge in [0.15, 0.2) is 0 Å². The molecule has 0 aliphatic heterocycles. The van der Waals surface area contributed by atoms with E-state index in [2.05, 4.69) is 4.98 Å². The van der Waals surface area contributed by atoms with Gasteiger partial charge in [0, 0.05) is 5.56 Å². The highest BCUT2D eigenvalue weighted by atomic mass is 19.4. The number of rotatable bonds is 3. The standard InChI is InChI=1S/C12H9F6N3O/c13-11(14,15)4-9-20-7-3-6(10(19)22)1-2-8(7)21(9)5-12(16,17)18/h1-3H,4-5H2,(H2,19,22). The molecule has 0 unspecified atom stereocenters. The summed E-state index contributed by atoms with van der Waals surface area (Å²) >= 11 is 0. The van der Waals surface area contributed by atoms with Crippen LogP contribution in [-0.4, -0.2) is 27.8 Å². The molecule has 1 heterocycles. The molecular weight excluding hydrogens is 316 g/mol. The van der Waals surface area contributed by atoms with Gasteiger partial charge in [-0.2, -0.15) is 26.3 Å². The Kier molecular flexibility index (Phi) is 3.80. The summed E-state index contributed by atoms with van der Waals surface area (Å²) in [7, 11) is 0. The predicted molar refractivity (Wildman–Crippen MR) is 64.1 cm³/mol. The van der Waals surface area contributed by atoms with Crippen LogP contribution in [0, 0.1) is 0 Å². The van der Waals surface area contributed by atoms with Crippen molar-refractivity contribution in [3.63, 3.8) is 0 Å². The molecule has 4 nitrogen and oxygen atoms in total. The molecule has 2 rings (SSSR count). The van der Waals surface area contributed by atoms with Crippen molar-refractivity contribution in [3.05, 3.63) is 29.6 Å². The van der Waals surface area contributed by atoms with Gasteiger partial charge in [0.1, 0.15) is 18.8 Å². The molecule has 0 bridgehead atoms. The van der Waals surface area contributed by atoms with Crippen LogP contribution in [0.5, 0.6) is 0 Å². The molecule has 1 aromatic carbocycles. The zero-order chi connectivity index (χ0) is 16.7. The van der Waals surface area contributed by atoms with E-state index in [-0.39, 0.29) is 16.6 Å². The predicted octanol–water partition coefficient (Wildman–Crippen LogP) is 2.80. The van der Waals surface area contributed by atoms with Gasteiger partial charge >= 0.3 is 12.4 Å². The van der Waals surface area contributed by atoms with Gasteiger partial charge < -0.3 is 10.3 Å². The molecule has 1 amide bonds. The lowest BCUT2D eigenvalue weighted by molar-refractivity contribution is -0.144. The second kappa shape index (κ2) is 5.18. The molecular formula is C12H9F6N3O. The van der Waals surface area contributed by atoms with Gasteiger partial charge in [-0.1, -0.05) is 0 Å². The van der Waals surface area contributed by atoms with Crippen molar-refractivity contribution in [2.45, 2.75) is 25.3 Å². The van der Waals surface area contributed by atoms with Crippen molar-refractivity contribution < 1.29 is 31.1 Å². The van der Waals surface area contributed by atoms with Crippen molar-refractivity contribution in [2.75, 3.05) is 0 Å². The number of carbonyl (C=O) groups is 1. The molecule has 10 heteroatoms. The third kappa shape index (κ3) is 3.68. The van der Waals surface area contributed by atoms with Gasteiger partial charge in [-0.05, 0) is 18.2 Å². The fourth-order valence-corrected chi connectivity index (χ4v) is 2.00. The van der Waals surface area contributed by atoms with Crippen LogP contribution in [0.25, 0.3) is 11.0 Å². The molecule has 0 aliphatic carbocycles. The van der Waals surface area contributed by atoms with E-state index in [1.807, 2.05) is 0 Å². The van der Waals surface area contributed by atoms with Gasteiger partial charge in [0.2, 0.25) is 5.91 Å². The minimum Gasteiger partial charge on any atom is -0.366 e. The summed E-state index contributed by atoms with van der Waals surface area (Å²) in [4.78, 5) is 14.6. The lowest BCUT2D eigenvalue weighted by Crippen LogP contribution is -2.22. The first-order valence-electron chi connectivity index (χ1n) is 5.89. The number of nitrogens with zero attached hydrogens (tertiary/aromatic N) is 2. The van der Waals surface area contributed by atoms with E-state index in [1.165, 1.54) is 0 Å². The number of hydrogen-bond acceptors (Lipinski definition) is 2. The molecule has 0 saturated carbocycles. The summed E-state index contributed by atoms with van der Waals surface area (Å²) in [6.07, 6.45) is -11.0. The van der Waals surface area contributed by atoms with Crippen LogP contribution in [0.3, 0.4) is 0 Å². The minimum atomic E-state index is -4.71. The molecule has 0 radical (unpaired) electrons. The number of primary amides is 1. The van der Waals surface area contributed by atoms with Crippen LogP contribution in [0.15, 0.2) is 18.2 Å². The summed E-state index contributed by atoms with van der Waals surface area (Å²) < 4.78 is 75.6. The zero-order valence-corrected chi connectivity index (χ0v) is 10.8. The van der Waals surface area contributed by atoms with E-state index in [4.69, 9.17) is 5.73 Å². The van der Waals surface area contributed by atoms with Crippen LogP contribution in [0.4, 0.5) is 26.3 Å². The number of alkyl halides is 6. The minimum absolute atomic E-state index is 0.0530. The Balaban J connectivity index is 2.60. The Bertz CT molecular complexity index is 716. The van der Waals surface area contributed by atoms with Gasteiger partial charge in [-0.25, -0.2) is 4.98 Å². The average molecular weight is 325 g/mol. The molecule has 0 aliphatic rings. The second-order valence-corrected chi connectivity index (χ2v) is 4.59. The van der Waals surface area contributed by atoms with Crippen LogP contribution in [-0.2, 0) is 13.0 Å². The second-order valence-electron chi connectivity index (χ2n) is 4.59. The summed E-state index contributed by atoms with van der Waals surface area (Å²) in [5, 5.41) is 0. The molecule has 1 aromatic heterocycles. The molecule has 0 fully saturated rings.